The molecule has 0 aliphatic heterocycles. The van der Waals surface area contributed by atoms with Gasteiger partial charge in [-0.2, -0.15) is 0 Å². The Morgan fingerprint density at radius 3 is 2.00 bits per heavy atom. The van der Waals surface area contributed by atoms with E-state index in [0.29, 0.717) is 30.6 Å². The van der Waals surface area contributed by atoms with Gasteiger partial charge in [0.2, 0.25) is 5.91 Å². The zero-order chi connectivity index (χ0) is 30.3. The second kappa shape index (κ2) is 16.5. The second-order valence-electron chi connectivity index (χ2n) is 9.67. The van der Waals surface area contributed by atoms with Crippen molar-refractivity contribution in [2.45, 2.75) is 37.4 Å². The second-order valence-corrected chi connectivity index (χ2v) is 9.67. The molecular formula is C30H36N6O6. The Morgan fingerprint density at radius 2 is 1.50 bits per heavy atom. The number of hydrogen-bond acceptors (Lipinski definition) is 7. The summed E-state index contributed by atoms with van der Waals surface area (Å²) in [6.45, 7) is 0.582. The van der Waals surface area contributed by atoms with Gasteiger partial charge >= 0.3 is 5.97 Å². The molecule has 1 amide bonds. The van der Waals surface area contributed by atoms with Crippen molar-refractivity contribution >= 4 is 17.8 Å². The average molecular weight is 577 g/mol. The van der Waals surface area contributed by atoms with Crippen LogP contribution in [0.2, 0.25) is 0 Å². The van der Waals surface area contributed by atoms with E-state index in [4.69, 9.17) is 5.73 Å². The molecule has 0 radical (unpaired) electrons. The number of nitro groups is 1. The highest BCUT2D eigenvalue weighted by atomic mass is 16.7. The highest BCUT2D eigenvalue weighted by Crippen LogP contribution is 2.25. The fraction of sp³-hybridized carbons (Fsp3) is 0.300. The Hall–Kier alpha value is -4.81. The maximum atomic E-state index is 13.7. The van der Waals surface area contributed by atoms with E-state index in [2.05, 4.69) is 10.3 Å². The first-order valence-corrected chi connectivity index (χ1v) is 13.5. The van der Waals surface area contributed by atoms with Crippen molar-refractivity contribution in [1.29, 1.82) is 0 Å². The lowest BCUT2D eigenvalue weighted by atomic mass is 9.90. The number of amides is 1. The van der Waals surface area contributed by atoms with Gasteiger partial charge in [0.1, 0.15) is 6.04 Å². The molecule has 0 aliphatic carbocycles. The van der Waals surface area contributed by atoms with Crippen LogP contribution in [-0.4, -0.2) is 69.8 Å². The van der Waals surface area contributed by atoms with Crippen molar-refractivity contribution in [3.05, 3.63) is 118 Å². The van der Waals surface area contributed by atoms with Gasteiger partial charge in [0, 0.05) is 25.7 Å². The van der Waals surface area contributed by atoms with Gasteiger partial charge in [0.05, 0.1) is 12.5 Å². The van der Waals surface area contributed by atoms with Crippen LogP contribution < -0.4 is 16.5 Å². The normalized spacial score (nSPS) is 13.0. The molecule has 2 atom stereocenters. The standard InChI is InChI=1S/C30H36N6O6/c31-30(34-36(41)42)32-20-25(35(17-10-18-37)21-22-11-4-1-5-12-22)19-26(29(39)40)33-28(38)27(23-13-6-2-7-14-23)24-15-8-3-9-16-24/h1-9,11-16,25-27,37H,10,17-21H2,(H,33,38)(H,39,40)(H3,31,32,34)/t25?,26-/m1/s1. The van der Waals surface area contributed by atoms with Crippen LogP contribution in [0, 0.1) is 10.1 Å². The smallest absolute Gasteiger partial charge is 0.326 e. The van der Waals surface area contributed by atoms with Gasteiger partial charge in [-0.05, 0) is 29.5 Å². The Bertz CT molecular complexity index is 1270. The van der Waals surface area contributed by atoms with E-state index >= 15 is 0 Å². The summed E-state index contributed by atoms with van der Waals surface area (Å²) in [5.41, 5.74) is 9.81. The van der Waals surface area contributed by atoms with Gasteiger partial charge in [-0.15, -0.1) is 0 Å². The number of hydrogen-bond donors (Lipinski definition) is 5. The van der Waals surface area contributed by atoms with Gasteiger partial charge < -0.3 is 21.3 Å². The van der Waals surface area contributed by atoms with Gasteiger partial charge in [-0.3, -0.25) is 9.69 Å². The third-order valence-corrected chi connectivity index (χ3v) is 6.68. The summed E-state index contributed by atoms with van der Waals surface area (Å²) in [4.78, 5) is 43.1. The molecule has 0 bridgehead atoms. The SMILES string of the molecule is NC(=NCC(C[C@@H](NC(=O)C(c1ccccc1)c1ccccc1)C(=O)O)N(CCCO)Cc1ccccc1)N[N+](=O)[O-]. The zero-order valence-corrected chi connectivity index (χ0v) is 23.1. The molecule has 12 nitrogen and oxygen atoms in total. The number of nitrogens with two attached hydrogens (primary N) is 1. The van der Waals surface area contributed by atoms with Gasteiger partial charge in [0.15, 0.2) is 5.03 Å². The largest absolute Gasteiger partial charge is 0.480 e. The van der Waals surface area contributed by atoms with Crippen molar-refractivity contribution in [2.75, 3.05) is 19.7 Å². The van der Waals surface area contributed by atoms with Crippen LogP contribution in [0.4, 0.5) is 0 Å². The number of carbonyl (C=O) groups is 2. The molecule has 0 saturated carbocycles. The van der Waals surface area contributed by atoms with E-state index in [9.17, 15) is 29.9 Å². The molecule has 0 spiro atoms. The van der Waals surface area contributed by atoms with Crippen molar-refractivity contribution in [1.82, 2.24) is 15.6 Å². The Kier molecular flexibility index (Phi) is 12.4. The van der Waals surface area contributed by atoms with Gasteiger partial charge in [-0.25, -0.2) is 19.9 Å². The van der Waals surface area contributed by atoms with E-state index in [1.165, 1.54) is 0 Å². The van der Waals surface area contributed by atoms with Crippen LogP contribution >= 0.6 is 0 Å². The fourth-order valence-corrected chi connectivity index (χ4v) is 4.69. The van der Waals surface area contributed by atoms with E-state index in [-0.39, 0.29) is 19.6 Å². The van der Waals surface area contributed by atoms with Crippen LogP contribution in [0.5, 0.6) is 0 Å². The van der Waals surface area contributed by atoms with Gasteiger partial charge in [0.25, 0.3) is 5.96 Å². The number of carbonyl (C=O) groups excluding carboxylic acids is 1. The molecule has 0 saturated heterocycles. The lowest BCUT2D eigenvalue weighted by molar-refractivity contribution is -0.525. The number of aliphatic hydroxyl groups is 1. The number of aliphatic hydroxyl groups excluding tert-OH is 1. The highest BCUT2D eigenvalue weighted by Gasteiger charge is 2.31. The Morgan fingerprint density at radius 1 is 0.952 bits per heavy atom. The minimum Gasteiger partial charge on any atom is -0.480 e. The molecule has 3 rings (SSSR count). The zero-order valence-electron chi connectivity index (χ0n) is 23.1. The first-order valence-electron chi connectivity index (χ1n) is 13.5. The number of nitrogens with zero attached hydrogens (tertiary/aromatic N) is 3. The molecule has 6 N–H and O–H groups in total. The first-order chi connectivity index (χ1) is 20.3. The number of carboxylic acids is 1. The van der Waals surface area contributed by atoms with Crippen molar-refractivity contribution in [2.24, 2.45) is 10.7 Å². The molecule has 42 heavy (non-hydrogen) atoms. The molecule has 3 aromatic carbocycles. The molecule has 1 unspecified atom stereocenters. The van der Waals surface area contributed by atoms with Crippen molar-refractivity contribution in [3.63, 3.8) is 0 Å². The molecule has 0 aliphatic rings. The minimum absolute atomic E-state index is 0.0785. The Balaban J connectivity index is 1.92. The monoisotopic (exact) mass is 576 g/mol. The fourth-order valence-electron chi connectivity index (χ4n) is 4.69. The van der Waals surface area contributed by atoms with Crippen LogP contribution in [0.1, 0.15) is 35.4 Å². The summed E-state index contributed by atoms with van der Waals surface area (Å²) in [5, 5.41) is 32.4. The summed E-state index contributed by atoms with van der Waals surface area (Å²) in [5.74, 6) is -2.91. The summed E-state index contributed by atoms with van der Waals surface area (Å²) < 4.78 is 0. The number of guanidine groups is 1. The maximum Gasteiger partial charge on any atom is 0.326 e. The number of hydrazine groups is 1. The lowest BCUT2D eigenvalue weighted by Crippen LogP contribution is -2.49. The van der Waals surface area contributed by atoms with E-state index < -0.39 is 40.9 Å². The third kappa shape index (κ3) is 9.98. The van der Waals surface area contributed by atoms with E-state index in [1.54, 1.807) is 5.43 Å². The van der Waals surface area contributed by atoms with Crippen LogP contribution in [0.3, 0.4) is 0 Å². The lowest BCUT2D eigenvalue weighted by Gasteiger charge is -2.33. The molecule has 222 valence electrons. The van der Waals surface area contributed by atoms with Crippen LogP contribution in [0.25, 0.3) is 0 Å². The predicted molar refractivity (Wildman–Crippen MR) is 158 cm³/mol. The molecule has 0 aromatic heterocycles. The van der Waals surface area contributed by atoms with Crippen LogP contribution in [0.15, 0.2) is 96.0 Å². The van der Waals surface area contributed by atoms with Crippen molar-refractivity contribution in [3.8, 4) is 0 Å². The minimum atomic E-state index is -1.32. The predicted octanol–water partition coefficient (Wildman–Crippen LogP) is 2.13. The number of aliphatic imine (C=N–C) groups is 1. The van der Waals surface area contributed by atoms with Gasteiger partial charge in [-0.1, -0.05) is 96.4 Å². The number of carboxylic acid groups (broad SMARTS) is 1. The summed E-state index contributed by atoms with van der Waals surface area (Å²) >= 11 is 0. The quantitative estimate of drug-likeness (QED) is 0.0738. The van der Waals surface area contributed by atoms with Crippen molar-refractivity contribution < 1.29 is 24.8 Å². The number of benzene rings is 3. The highest BCUT2D eigenvalue weighted by molar-refractivity contribution is 5.90. The Labute approximate surface area is 244 Å². The molecule has 12 heteroatoms. The third-order valence-electron chi connectivity index (χ3n) is 6.68. The molecular weight excluding hydrogens is 540 g/mol. The maximum absolute atomic E-state index is 13.7. The molecule has 0 heterocycles. The number of aliphatic carboxylic acids is 1. The summed E-state index contributed by atoms with van der Waals surface area (Å²) in [6, 6.07) is 25.7. The van der Waals surface area contributed by atoms with E-state index in [0.717, 1.165) is 5.56 Å². The number of rotatable bonds is 16. The van der Waals surface area contributed by atoms with E-state index in [1.807, 2.05) is 95.9 Å². The number of nitrogens with one attached hydrogen (secondary N) is 2. The van der Waals surface area contributed by atoms with Crippen LogP contribution in [-0.2, 0) is 16.1 Å². The first kappa shape index (κ1) is 31.7. The molecule has 3 aromatic rings. The molecule has 0 fully saturated rings. The summed E-state index contributed by atoms with van der Waals surface area (Å²) in [7, 11) is 0. The summed E-state index contributed by atoms with van der Waals surface area (Å²) in [6.07, 6.45) is 0.314. The average Bonchev–Trinajstić information content (AvgIpc) is 2.98. The topological polar surface area (TPSA) is 183 Å².